The van der Waals surface area contributed by atoms with Crippen LogP contribution < -0.4 is 0 Å². The summed E-state index contributed by atoms with van der Waals surface area (Å²) in [7, 11) is 0. The summed E-state index contributed by atoms with van der Waals surface area (Å²) in [5, 5.41) is 0. The molecule has 0 atom stereocenters. The Bertz CT molecular complexity index is 363. The maximum atomic E-state index is 12.6. The first-order valence-electron chi connectivity index (χ1n) is 4.08. The normalized spacial score (nSPS) is 11.9. The van der Waals surface area contributed by atoms with Crippen molar-refractivity contribution in [2.75, 3.05) is 0 Å². The van der Waals surface area contributed by atoms with Crippen molar-refractivity contribution in [3.05, 3.63) is 28.6 Å². The van der Waals surface area contributed by atoms with Crippen LogP contribution in [0.1, 0.15) is 22.5 Å². The average Bonchev–Trinajstić information content (AvgIpc) is 2.15. The molecule has 0 saturated heterocycles. The summed E-state index contributed by atoms with van der Waals surface area (Å²) < 4.78 is 37.8. The first-order valence-corrected chi connectivity index (χ1v) is 5.15. The van der Waals surface area contributed by atoms with Crippen molar-refractivity contribution in [1.82, 2.24) is 4.98 Å². The van der Waals surface area contributed by atoms with Crippen molar-refractivity contribution in [2.45, 2.75) is 24.9 Å². The van der Waals surface area contributed by atoms with Gasteiger partial charge in [0.25, 0.3) is 0 Å². The van der Waals surface area contributed by atoms with Gasteiger partial charge in [0, 0.05) is 17.1 Å². The van der Waals surface area contributed by atoms with Crippen LogP contribution >= 0.6 is 23.2 Å². The molecule has 1 nitrogen and oxygen atoms in total. The van der Waals surface area contributed by atoms with Crippen molar-refractivity contribution in [1.29, 1.82) is 0 Å². The highest BCUT2D eigenvalue weighted by molar-refractivity contribution is 6.18. The van der Waals surface area contributed by atoms with E-state index >= 15 is 0 Å². The molecule has 0 aliphatic carbocycles. The van der Waals surface area contributed by atoms with Crippen LogP contribution in [0.2, 0.25) is 0 Å². The number of hydrogen-bond donors (Lipinski definition) is 0. The van der Waals surface area contributed by atoms with Crippen molar-refractivity contribution < 1.29 is 13.2 Å². The highest BCUT2D eigenvalue weighted by Gasteiger charge is 2.34. The fourth-order valence-electron chi connectivity index (χ4n) is 1.28. The third kappa shape index (κ3) is 2.75. The summed E-state index contributed by atoms with van der Waals surface area (Å²) in [4.78, 5) is 3.92. The molecule has 1 heterocycles. The van der Waals surface area contributed by atoms with E-state index < -0.39 is 11.7 Å². The number of aromatic nitrogens is 1. The zero-order chi connectivity index (χ0) is 11.6. The van der Waals surface area contributed by atoms with Gasteiger partial charge in [-0.2, -0.15) is 13.2 Å². The lowest BCUT2D eigenvalue weighted by atomic mass is 10.1. The molecule has 0 amide bonds. The molecule has 0 bridgehead atoms. The van der Waals surface area contributed by atoms with E-state index in [4.69, 9.17) is 23.2 Å². The van der Waals surface area contributed by atoms with Gasteiger partial charge in [0.2, 0.25) is 0 Å². The largest absolute Gasteiger partial charge is 0.416 e. The predicted octanol–water partition coefficient (Wildman–Crippen LogP) is 3.89. The molecule has 0 N–H and O–H groups in total. The van der Waals surface area contributed by atoms with Crippen molar-refractivity contribution in [3.63, 3.8) is 0 Å². The lowest BCUT2D eigenvalue weighted by molar-refractivity contribution is -0.138. The van der Waals surface area contributed by atoms with E-state index in [-0.39, 0.29) is 28.7 Å². The molecule has 0 aliphatic heterocycles. The fourth-order valence-corrected chi connectivity index (χ4v) is 1.80. The van der Waals surface area contributed by atoms with Crippen molar-refractivity contribution in [3.8, 4) is 0 Å². The number of aryl methyl sites for hydroxylation is 1. The number of pyridine rings is 1. The van der Waals surface area contributed by atoms with Gasteiger partial charge in [-0.05, 0) is 13.0 Å². The SMILES string of the molecule is Cc1cc(C(F)(F)F)c(CCl)c(CCl)n1. The highest BCUT2D eigenvalue weighted by atomic mass is 35.5. The van der Waals surface area contributed by atoms with Crippen LogP contribution in [0.15, 0.2) is 6.07 Å². The van der Waals surface area contributed by atoms with Gasteiger partial charge in [0.1, 0.15) is 0 Å². The van der Waals surface area contributed by atoms with Crippen LogP contribution in [-0.2, 0) is 17.9 Å². The van der Waals surface area contributed by atoms with Crippen LogP contribution in [0.5, 0.6) is 0 Å². The molecule has 0 unspecified atom stereocenters. The molecule has 0 aliphatic rings. The first kappa shape index (κ1) is 12.6. The molecular formula is C9H8Cl2F3N. The number of nitrogens with zero attached hydrogens (tertiary/aromatic N) is 1. The third-order valence-corrected chi connectivity index (χ3v) is 2.42. The smallest absolute Gasteiger partial charge is 0.257 e. The maximum Gasteiger partial charge on any atom is 0.416 e. The highest BCUT2D eigenvalue weighted by Crippen LogP contribution is 2.34. The van der Waals surface area contributed by atoms with Gasteiger partial charge in [-0.3, -0.25) is 4.98 Å². The van der Waals surface area contributed by atoms with E-state index in [1.165, 1.54) is 6.92 Å². The second-order valence-corrected chi connectivity index (χ2v) is 3.54. The molecule has 84 valence electrons. The van der Waals surface area contributed by atoms with Gasteiger partial charge >= 0.3 is 6.18 Å². The Morgan fingerprint density at radius 1 is 1.27 bits per heavy atom. The second-order valence-electron chi connectivity index (χ2n) is 3.00. The lowest BCUT2D eigenvalue weighted by Gasteiger charge is -2.14. The Balaban J connectivity index is 3.42. The predicted molar refractivity (Wildman–Crippen MR) is 53.1 cm³/mol. The molecule has 0 fully saturated rings. The van der Waals surface area contributed by atoms with Gasteiger partial charge in [0.15, 0.2) is 0 Å². The van der Waals surface area contributed by atoms with Gasteiger partial charge in [-0.25, -0.2) is 0 Å². The quantitative estimate of drug-likeness (QED) is 0.733. The van der Waals surface area contributed by atoms with Gasteiger partial charge < -0.3 is 0 Å². The number of alkyl halides is 5. The van der Waals surface area contributed by atoms with Gasteiger partial charge in [0.05, 0.1) is 17.1 Å². The Morgan fingerprint density at radius 3 is 2.27 bits per heavy atom. The Labute approximate surface area is 95.2 Å². The minimum Gasteiger partial charge on any atom is -0.257 e. The molecule has 1 aromatic heterocycles. The summed E-state index contributed by atoms with van der Waals surface area (Å²) in [6, 6.07) is 0.980. The summed E-state index contributed by atoms with van der Waals surface area (Å²) in [5.41, 5.74) is -0.309. The Kier molecular flexibility index (Phi) is 3.84. The van der Waals surface area contributed by atoms with Crippen LogP contribution in [0.3, 0.4) is 0 Å². The van der Waals surface area contributed by atoms with E-state index in [0.29, 0.717) is 0 Å². The minimum absolute atomic E-state index is 0.0373. The van der Waals surface area contributed by atoms with Crippen LogP contribution in [-0.4, -0.2) is 4.98 Å². The first-order chi connectivity index (χ1) is 6.90. The summed E-state index contributed by atoms with van der Waals surface area (Å²) >= 11 is 11.0. The Morgan fingerprint density at radius 2 is 1.87 bits per heavy atom. The summed E-state index contributed by atoms with van der Waals surface area (Å²) in [5.74, 6) is -0.322. The molecular weight excluding hydrogens is 250 g/mol. The molecule has 1 rings (SSSR count). The van der Waals surface area contributed by atoms with E-state index in [1.807, 2.05) is 0 Å². The van der Waals surface area contributed by atoms with Gasteiger partial charge in [-0.1, -0.05) is 0 Å². The molecule has 6 heteroatoms. The number of halogens is 5. The molecule has 0 spiro atoms. The van der Waals surface area contributed by atoms with Crippen molar-refractivity contribution in [2.24, 2.45) is 0 Å². The van der Waals surface area contributed by atoms with Crippen molar-refractivity contribution >= 4 is 23.2 Å². The summed E-state index contributed by atoms with van der Waals surface area (Å²) in [6.45, 7) is 1.49. The fraction of sp³-hybridized carbons (Fsp3) is 0.444. The standard InChI is InChI=1S/C9H8Cl2F3N/c1-5-2-7(9(12,13)14)6(3-10)8(4-11)15-5/h2H,3-4H2,1H3. The van der Waals surface area contributed by atoms with E-state index in [2.05, 4.69) is 4.98 Å². The zero-order valence-corrected chi connectivity index (χ0v) is 9.34. The molecule has 15 heavy (non-hydrogen) atoms. The second kappa shape index (κ2) is 4.58. The minimum atomic E-state index is -4.42. The van der Waals surface area contributed by atoms with Crippen LogP contribution in [0.4, 0.5) is 13.2 Å². The maximum absolute atomic E-state index is 12.6. The molecule has 1 aromatic rings. The average molecular weight is 258 g/mol. The topological polar surface area (TPSA) is 12.9 Å². The number of rotatable bonds is 2. The molecule has 0 aromatic carbocycles. The number of hydrogen-bond acceptors (Lipinski definition) is 1. The van der Waals surface area contributed by atoms with Crippen LogP contribution in [0, 0.1) is 6.92 Å². The van der Waals surface area contributed by atoms with E-state index in [0.717, 1.165) is 6.07 Å². The summed E-state index contributed by atoms with van der Waals surface area (Å²) in [6.07, 6.45) is -4.42. The monoisotopic (exact) mass is 257 g/mol. The van der Waals surface area contributed by atoms with Gasteiger partial charge in [-0.15, -0.1) is 23.2 Å². The van der Waals surface area contributed by atoms with E-state index in [1.54, 1.807) is 0 Å². The molecule has 0 radical (unpaired) electrons. The van der Waals surface area contributed by atoms with Crippen LogP contribution in [0.25, 0.3) is 0 Å². The van der Waals surface area contributed by atoms with E-state index in [9.17, 15) is 13.2 Å². The Hall–Kier alpha value is -0.480. The lowest BCUT2D eigenvalue weighted by Crippen LogP contribution is -2.12. The third-order valence-electron chi connectivity index (χ3n) is 1.90. The molecule has 0 saturated carbocycles. The zero-order valence-electron chi connectivity index (χ0n) is 7.83.